The average Bonchev–Trinajstić information content (AvgIpc) is 3.02. The number of unbranched alkanes of at least 4 members (excludes halogenated alkanes) is 6. The zero-order valence-corrected chi connectivity index (χ0v) is 26.4. The molecule has 2 rings (SSSR count). The first-order valence-electron chi connectivity index (χ1n) is 15.4. The summed E-state index contributed by atoms with van der Waals surface area (Å²) in [5.74, 6) is 0.0672. The molecule has 1 unspecified atom stereocenters. The van der Waals surface area contributed by atoms with Crippen LogP contribution >= 0.6 is 0 Å². The van der Waals surface area contributed by atoms with Gasteiger partial charge in [0, 0.05) is 11.6 Å². The van der Waals surface area contributed by atoms with Gasteiger partial charge in [-0.25, -0.2) is 9.59 Å². The fraction of sp³-hybridized carbons (Fsp3) is 0.500. The van der Waals surface area contributed by atoms with Crippen molar-refractivity contribution >= 4 is 23.6 Å². The van der Waals surface area contributed by atoms with Gasteiger partial charge < -0.3 is 19.3 Å². The number of hydrogen-bond acceptors (Lipinski definition) is 5. The van der Waals surface area contributed by atoms with Gasteiger partial charge in [-0.2, -0.15) is 0 Å². The first kappa shape index (κ1) is 36.5. The molecule has 0 fully saturated rings. The molecule has 0 saturated heterocycles. The SMILES string of the molecule is CCCCC(CC)COC(=O)C=Cc1ccc(OC)cc1.CCCCCCCCC(=C(OC)C(=O)O)c1ccccc1. The van der Waals surface area contributed by atoms with E-state index in [2.05, 4.69) is 20.8 Å². The number of ether oxygens (including phenoxy) is 3. The van der Waals surface area contributed by atoms with Gasteiger partial charge in [-0.1, -0.05) is 115 Å². The van der Waals surface area contributed by atoms with E-state index in [1.54, 1.807) is 13.2 Å². The van der Waals surface area contributed by atoms with E-state index in [9.17, 15) is 14.7 Å². The van der Waals surface area contributed by atoms with Crippen LogP contribution in [0, 0.1) is 5.92 Å². The Kier molecular flexibility index (Phi) is 20.0. The van der Waals surface area contributed by atoms with E-state index in [0.717, 1.165) is 54.6 Å². The topological polar surface area (TPSA) is 82.1 Å². The molecule has 232 valence electrons. The molecule has 42 heavy (non-hydrogen) atoms. The number of hydrogen-bond donors (Lipinski definition) is 1. The Hall–Kier alpha value is -3.54. The summed E-state index contributed by atoms with van der Waals surface area (Å²) in [6.45, 7) is 7.04. The van der Waals surface area contributed by atoms with E-state index in [0.29, 0.717) is 12.5 Å². The summed E-state index contributed by atoms with van der Waals surface area (Å²) in [5, 5.41) is 9.29. The third-order valence-electron chi connectivity index (χ3n) is 7.11. The zero-order valence-electron chi connectivity index (χ0n) is 26.4. The van der Waals surface area contributed by atoms with Crippen LogP contribution in [0.2, 0.25) is 0 Å². The molecule has 0 spiro atoms. The number of allylic oxidation sites excluding steroid dienone is 1. The zero-order chi connectivity index (χ0) is 31.0. The minimum atomic E-state index is -0.998. The van der Waals surface area contributed by atoms with Crippen LogP contribution in [0.4, 0.5) is 0 Å². The van der Waals surface area contributed by atoms with Crippen molar-refractivity contribution in [3.63, 3.8) is 0 Å². The largest absolute Gasteiger partial charge is 0.497 e. The van der Waals surface area contributed by atoms with Gasteiger partial charge in [-0.3, -0.25) is 0 Å². The summed E-state index contributed by atoms with van der Waals surface area (Å²) in [6.07, 6.45) is 15.7. The van der Waals surface area contributed by atoms with Gasteiger partial charge in [-0.05, 0) is 54.5 Å². The Morgan fingerprint density at radius 2 is 1.48 bits per heavy atom. The van der Waals surface area contributed by atoms with Gasteiger partial charge in [0.25, 0.3) is 0 Å². The lowest BCUT2D eigenvalue weighted by molar-refractivity contribution is -0.139. The first-order chi connectivity index (χ1) is 20.4. The molecule has 0 aliphatic carbocycles. The predicted molar refractivity (Wildman–Crippen MR) is 172 cm³/mol. The second-order valence-electron chi connectivity index (χ2n) is 10.4. The normalized spacial score (nSPS) is 12.1. The lowest BCUT2D eigenvalue weighted by atomic mass is 9.97. The Morgan fingerprint density at radius 1 is 0.833 bits per heavy atom. The monoisotopic (exact) mass is 580 g/mol. The number of aliphatic carboxylic acids is 1. The highest BCUT2D eigenvalue weighted by Gasteiger charge is 2.16. The van der Waals surface area contributed by atoms with Crippen molar-refractivity contribution in [2.45, 2.75) is 91.4 Å². The number of carbonyl (C=O) groups is 2. The van der Waals surface area contributed by atoms with E-state index < -0.39 is 5.97 Å². The summed E-state index contributed by atoms with van der Waals surface area (Å²) in [7, 11) is 3.05. The Bertz CT molecular complexity index is 1060. The van der Waals surface area contributed by atoms with Crippen molar-refractivity contribution in [2.75, 3.05) is 20.8 Å². The predicted octanol–water partition coefficient (Wildman–Crippen LogP) is 9.35. The van der Waals surface area contributed by atoms with E-state index >= 15 is 0 Å². The summed E-state index contributed by atoms with van der Waals surface area (Å²) < 4.78 is 15.5. The molecule has 0 amide bonds. The molecule has 0 saturated carbocycles. The van der Waals surface area contributed by atoms with Crippen LogP contribution in [0.1, 0.15) is 103 Å². The number of carboxylic acids is 1. The van der Waals surface area contributed by atoms with Gasteiger partial charge in [0.05, 0.1) is 20.8 Å². The van der Waals surface area contributed by atoms with Gasteiger partial charge in [0.1, 0.15) is 5.75 Å². The Labute approximate surface area is 253 Å². The third-order valence-corrected chi connectivity index (χ3v) is 7.11. The van der Waals surface area contributed by atoms with E-state index in [-0.39, 0.29) is 11.7 Å². The molecule has 0 aliphatic heterocycles. The van der Waals surface area contributed by atoms with Crippen LogP contribution in [0.3, 0.4) is 0 Å². The van der Waals surface area contributed by atoms with Crippen LogP contribution in [0.5, 0.6) is 5.75 Å². The highest BCUT2D eigenvalue weighted by Crippen LogP contribution is 2.26. The number of benzene rings is 2. The number of rotatable bonds is 19. The molecule has 0 aliphatic rings. The van der Waals surface area contributed by atoms with Crippen molar-refractivity contribution in [1.82, 2.24) is 0 Å². The van der Waals surface area contributed by atoms with Crippen molar-refractivity contribution < 1.29 is 28.9 Å². The number of carboxylic acid groups (broad SMARTS) is 1. The molecular weight excluding hydrogens is 528 g/mol. The Balaban J connectivity index is 0.000000420. The van der Waals surface area contributed by atoms with Gasteiger partial charge in [0.15, 0.2) is 0 Å². The van der Waals surface area contributed by atoms with Crippen LogP contribution in [0.25, 0.3) is 11.6 Å². The highest BCUT2D eigenvalue weighted by atomic mass is 16.5. The standard InChI is InChI=1S/2C18H26O3/c1-4-6-7-15(5-2)14-21-18(19)13-10-16-8-11-17(20-3)12-9-16;1-3-4-5-6-7-11-14-16(17(21-2)18(19)20)15-12-9-8-10-13-15/h8-13,15H,4-7,14H2,1-3H3;8-10,12-13H,3-7,11,14H2,1-2H3,(H,19,20). The van der Waals surface area contributed by atoms with Crippen molar-refractivity contribution in [3.05, 3.63) is 77.6 Å². The molecule has 6 nitrogen and oxygen atoms in total. The fourth-order valence-electron chi connectivity index (χ4n) is 4.48. The molecule has 1 N–H and O–H groups in total. The quantitative estimate of drug-likeness (QED) is 0.0771. The fourth-order valence-corrected chi connectivity index (χ4v) is 4.48. The van der Waals surface area contributed by atoms with E-state index in [1.165, 1.54) is 51.7 Å². The minimum absolute atomic E-state index is 0.0646. The maximum Gasteiger partial charge on any atom is 0.371 e. The number of methoxy groups -OCH3 is 2. The minimum Gasteiger partial charge on any atom is -0.497 e. The van der Waals surface area contributed by atoms with Gasteiger partial charge in [0.2, 0.25) is 5.76 Å². The van der Waals surface area contributed by atoms with Gasteiger partial charge in [-0.15, -0.1) is 0 Å². The lowest BCUT2D eigenvalue weighted by Gasteiger charge is -2.13. The summed E-state index contributed by atoms with van der Waals surface area (Å²) >= 11 is 0. The van der Waals surface area contributed by atoms with E-state index in [4.69, 9.17) is 14.2 Å². The first-order valence-corrected chi connectivity index (χ1v) is 15.4. The van der Waals surface area contributed by atoms with Gasteiger partial charge >= 0.3 is 11.9 Å². The second-order valence-corrected chi connectivity index (χ2v) is 10.4. The number of carbonyl (C=O) groups excluding carboxylic acids is 1. The molecule has 2 aromatic rings. The third kappa shape index (κ3) is 15.5. The van der Waals surface area contributed by atoms with Crippen LogP contribution in [-0.4, -0.2) is 37.9 Å². The molecule has 0 aromatic heterocycles. The second kappa shape index (κ2) is 23.1. The molecule has 1 atom stereocenters. The van der Waals surface area contributed by atoms with Crippen LogP contribution < -0.4 is 4.74 Å². The lowest BCUT2D eigenvalue weighted by Crippen LogP contribution is -2.12. The maximum absolute atomic E-state index is 11.7. The molecule has 6 heteroatoms. The molecular formula is C36H52O6. The Morgan fingerprint density at radius 3 is 2.05 bits per heavy atom. The maximum atomic E-state index is 11.7. The molecule has 0 heterocycles. The summed E-state index contributed by atoms with van der Waals surface area (Å²) in [5.41, 5.74) is 2.68. The molecule has 2 aromatic carbocycles. The summed E-state index contributed by atoms with van der Waals surface area (Å²) in [4.78, 5) is 23.0. The average molecular weight is 581 g/mol. The highest BCUT2D eigenvalue weighted by molar-refractivity contribution is 5.94. The molecule has 0 radical (unpaired) electrons. The smallest absolute Gasteiger partial charge is 0.371 e. The molecule has 0 bridgehead atoms. The van der Waals surface area contributed by atoms with E-state index in [1.807, 2.05) is 54.6 Å². The van der Waals surface area contributed by atoms with Crippen molar-refractivity contribution in [1.29, 1.82) is 0 Å². The van der Waals surface area contributed by atoms with Crippen LogP contribution in [-0.2, 0) is 19.1 Å². The van der Waals surface area contributed by atoms with Crippen molar-refractivity contribution in [3.8, 4) is 5.75 Å². The summed E-state index contributed by atoms with van der Waals surface area (Å²) in [6, 6.07) is 17.2. The number of esters is 1. The van der Waals surface area contributed by atoms with Crippen LogP contribution in [0.15, 0.2) is 66.4 Å². The van der Waals surface area contributed by atoms with Crippen molar-refractivity contribution in [2.24, 2.45) is 5.92 Å².